The van der Waals surface area contributed by atoms with Gasteiger partial charge in [-0.15, -0.1) is 11.3 Å². The van der Waals surface area contributed by atoms with Crippen molar-refractivity contribution in [1.29, 1.82) is 0 Å². The van der Waals surface area contributed by atoms with Crippen LogP contribution in [0.1, 0.15) is 0 Å². The van der Waals surface area contributed by atoms with Crippen molar-refractivity contribution in [1.82, 2.24) is 4.98 Å². The van der Waals surface area contributed by atoms with Crippen LogP contribution in [0, 0.1) is 0 Å². The molecule has 0 saturated heterocycles. The molecule has 0 unspecified atom stereocenters. The summed E-state index contributed by atoms with van der Waals surface area (Å²) in [5.41, 5.74) is 0. The predicted octanol–water partition coefficient (Wildman–Crippen LogP) is 2.63. The first-order chi connectivity index (χ1) is 7.10. The van der Waals surface area contributed by atoms with Gasteiger partial charge in [0.15, 0.2) is 0 Å². The number of nitrogens with zero attached hydrogens (tertiary/aromatic N) is 1. The van der Waals surface area contributed by atoms with Gasteiger partial charge >= 0.3 is 0 Å². The van der Waals surface area contributed by atoms with E-state index in [1.165, 1.54) is 17.5 Å². The molecule has 0 aliphatic rings. The van der Waals surface area contributed by atoms with E-state index in [1.54, 1.807) is 18.2 Å². The van der Waals surface area contributed by atoms with Crippen molar-refractivity contribution in [2.75, 3.05) is 0 Å². The molecule has 1 heterocycles. The van der Waals surface area contributed by atoms with Gasteiger partial charge in [0, 0.05) is 5.38 Å². The molecule has 6 heteroatoms. The Morgan fingerprint density at radius 2 is 1.87 bits per heavy atom. The van der Waals surface area contributed by atoms with Crippen LogP contribution in [0.2, 0.25) is 5.15 Å². The van der Waals surface area contributed by atoms with Crippen LogP contribution in [0.25, 0.3) is 0 Å². The van der Waals surface area contributed by atoms with Gasteiger partial charge in [-0.1, -0.05) is 29.8 Å². The smallest absolute Gasteiger partial charge is 0.216 e. The first kappa shape index (κ1) is 10.6. The molecule has 0 N–H and O–H groups in total. The van der Waals surface area contributed by atoms with E-state index >= 15 is 0 Å². The van der Waals surface area contributed by atoms with Gasteiger partial charge in [-0.3, -0.25) is 0 Å². The van der Waals surface area contributed by atoms with Gasteiger partial charge in [0.25, 0.3) is 0 Å². The van der Waals surface area contributed by atoms with Gasteiger partial charge < -0.3 is 0 Å². The van der Waals surface area contributed by atoms with E-state index in [9.17, 15) is 8.42 Å². The minimum atomic E-state index is -3.50. The van der Waals surface area contributed by atoms with E-state index in [0.717, 1.165) is 11.3 Å². The van der Waals surface area contributed by atoms with Crippen LogP contribution in [0.5, 0.6) is 0 Å². The molecule has 0 spiro atoms. The highest BCUT2D eigenvalue weighted by molar-refractivity contribution is 7.93. The average Bonchev–Trinajstić information content (AvgIpc) is 2.67. The molecular formula is C9H6ClNO2S2. The molecule has 0 amide bonds. The molecule has 15 heavy (non-hydrogen) atoms. The summed E-state index contributed by atoms with van der Waals surface area (Å²) in [5, 5.41) is 1.70. The Kier molecular flexibility index (Phi) is 2.77. The molecule has 0 atom stereocenters. The fraction of sp³-hybridized carbons (Fsp3) is 0. The molecule has 2 rings (SSSR count). The fourth-order valence-corrected chi connectivity index (χ4v) is 3.66. The Bertz CT molecular complexity index is 563. The van der Waals surface area contributed by atoms with Crippen LogP contribution in [-0.2, 0) is 9.84 Å². The second kappa shape index (κ2) is 3.92. The molecule has 0 fully saturated rings. The SMILES string of the molecule is O=S(=O)(c1ccccc1)c1nc(Cl)cs1. The summed E-state index contributed by atoms with van der Waals surface area (Å²) in [4.78, 5) is 3.99. The number of halogens is 1. The monoisotopic (exact) mass is 259 g/mol. The minimum absolute atomic E-state index is 0.0266. The number of hydrogen-bond donors (Lipinski definition) is 0. The van der Waals surface area contributed by atoms with Gasteiger partial charge in [-0.25, -0.2) is 13.4 Å². The number of benzene rings is 1. The summed E-state index contributed by atoms with van der Waals surface area (Å²) < 4.78 is 23.9. The largest absolute Gasteiger partial charge is 0.233 e. The number of thiazole rings is 1. The third-order valence-corrected chi connectivity index (χ3v) is 5.09. The topological polar surface area (TPSA) is 47.0 Å². The van der Waals surface area contributed by atoms with Crippen molar-refractivity contribution in [3.05, 3.63) is 40.9 Å². The van der Waals surface area contributed by atoms with E-state index in [-0.39, 0.29) is 14.4 Å². The van der Waals surface area contributed by atoms with Gasteiger partial charge in [0.2, 0.25) is 14.2 Å². The quantitative estimate of drug-likeness (QED) is 0.833. The molecule has 0 saturated carbocycles. The molecule has 0 aliphatic heterocycles. The lowest BCUT2D eigenvalue weighted by Gasteiger charge is -1.98. The number of hydrogen-bond acceptors (Lipinski definition) is 4. The lowest BCUT2D eigenvalue weighted by molar-refractivity contribution is 0.595. The van der Waals surface area contributed by atoms with E-state index < -0.39 is 9.84 Å². The Labute approximate surface area is 96.3 Å². The highest BCUT2D eigenvalue weighted by Crippen LogP contribution is 2.25. The summed E-state index contributed by atoms with van der Waals surface area (Å²) in [7, 11) is -3.50. The first-order valence-electron chi connectivity index (χ1n) is 4.02. The highest BCUT2D eigenvalue weighted by atomic mass is 35.5. The molecule has 1 aromatic heterocycles. The minimum Gasteiger partial charge on any atom is -0.216 e. The van der Waals surface area contributed by atoms with Crippen molar-refractivity contribution >= 4 is 32.8 Å². The second-order valence-corrected chi connectivity index (χ2v) is 6.12. The average molecular weight is 260 g/mol. The summed E-state index contributed by atoms with van der Waals surface area (Å²) in [5.74, 6) is 0. The molecule has 1 aromatic carbocycles. The fourth-order valence-electron chi connectivity index (χ4n) is 1.06. The summed E-state index contributed by atoms with van der Waals surface area (Å²) in [6.45, 7) is 0. The third kappa shape index (κ3) is 2.04. The van der Waals surface area contributed by atoms with E-state index in [2.05, 4.69) is 4.98 Å². The molecule has 0 radical (unpaired) electrons. The molecule has 3 nitrogen and oxygen atoms in total. The van der Waals surface area contributed by atoms with E-state index in [1.807, 2.05) is 0 Å². The summed E-state index contributed by atoms with van der Waals surface area (Å²) in [6, 6.07) is 8.16. The maximum atomic E-state index is 11.9. The van der Waals surface area contributed by atoms with Crippen LogP contribution in [0.4, 0.5) is 0 Å². The van der Waals surface area contributed by atoms with E-state index in [4.69, 9.17) is 11.6 Å². The number of aromatic nitrogens is 1. The highest BCUT2D eigenvalue weighted by Gasteiger charge is 2.20. The standard InChI is InChI=1S/C9H6ClNO2S2/c10-8-6-14-9(11-8)15(12,13)7-4-2-1-3-5-7/h1-6H. The molecule has 78 valence electrons. The lowest BCUT2D eigenvalue weighted by Crippen LogP contribution is -2.00. The van der Waals surface area contributed by atoms with Crippen LogP contribution in [-0.4, -0.2) is 13.4 Å². The molecule has 2 aromatic rings. The van der Waals surface area contributed by atoms with Crippen LogP contribution >= 0.6 is 22.9 Å². The van der Waals surface area contributed by atoms with Crippen molar-refractivity contribution in [2.45, 2.75) is 9.24 Å². The molecular weight excluding hydrogens is 254 g/mol. The number of rotatable bonds is 2. The van der Waals surface area contributed by atoms with Crippen LogP contribution in [0.3, 0.4) is 0 Å². The van der Waals surface area contributed by atoms with Gasteiger partial charge in [0.1, 0.15) is 5.15 Å². The van der Waals surface area contributed by atoms with Crippen LogP contribution in [0.15, 0.2) is 44.9 Å². The summed E-state index contributed by atoms with van der Waals surface area (Å²) >= 11 is 6.61. The van der Waals surface area contributed by atoms with Crippen molar-refractivity contribution in [3.8, 4) is 0 Å². The predicted molar refractivity (Wildman–Crippen MR) is 59.0 cm³/mol. The van der Waals surface area contributed by atoms with Gasteiger partial charge in [-0.05, 0) is 12.1 Å². The lowest BCUT2D eigenvalue weighted by atomic mass is 10.4. The van der Waals surface area contributed by atoms with Gasteiger partial charge in [0.05, 0.1) is 4.90 Å². The maximum Gasteiger partial charge on any atom is 0.233 e. The van der Waals surface area contributed by atoms with Crippen molar-refractivity contribution < 1.29 is 8.42 Å². The van der Waals surface area contributed by atoms with Gasteiger partial charge in [-0.2, -0.15) is 0 Å². The van der Waals surface area contributed by atoms with Crippen LogP contribution < -0.4 is 0 Å². The first-order valence-corrected chi connectivity index (χ1v) is 6.76. The maximum absolute atomic E-state index is 11.9. The summed E-state index contributed by atoms with van der Waals surface area (Å²) in [6.07, 6.45) is 0. The third-order valence-electron chi connectivity index (χ3n) is 1.74. The second-order valence-electron chi connectivity index (χ2n) is 2.75. The number of sulfone groups is 1. The zero-order chi connectivity index (χ0) is 10.9. The Morgan fingerprint density at radius 3 is 2.40 bits per heavy atom. The molecule has 0 aliphatic carbocycles. The Balaban J connectivity index is 2.54. The normalized spacial score (nSPS) is 11.5. The zero-order valence-corrected chi connectivity index (χ0v) is 9.81. The van der Waals surface area contributed by atoms with Crippen molar-refractivity contribution in [3.63, 3.8) is 0 Å². The van der Waals surface area contributed by atoms with Crippen molar-refractivity contribution in [2.24, 2.45) is 0 Å². The zero-order valence-electron chi connectivity index (χ0n) is 7.42. The molecule has 0 bridgehead atoms. The Morgan fingerprint density at radius 1 is 1.20 bits per heavy atom. The van der Waals surface area contributed by atoms with E-state index in [0.29, 0.717) is 0 Å². The Hall–Kier alpha value is -0.910.